The molecule has 18 heavy (non-hydrogen) atoms. The predicted octanol–water partition coefficient (Wildman–Crippen LogP) is 2.26. The summed E-state index contributed by atoms with van der Waals surface area (Å²) in [5.41, 5.74) is 0.826. The average Bonchev–Trinajstić information content (AvgIpc) is 2.71. The summed E-state index contributed by atoms with van der Waals surface area (Å²) in [5.74, 6) is 1.81. The van der Waals surface area contributed by atoms with Gasteiger partial charge in [0.25, 0.3) is 0 Å². The quantitative estimate of drug-likeness (QED) is 0.631. The molecule has 1 aliphatic heterocycles. The largest absolute Gasteiger partial charge is 0.354 e. The third-order valence-corrected chi connectivity index (χ3v) is 4.13. The van der Waals surface area contributed by atoms with Crippen LogP contribution in [0, 0.1) is 5.92 Å². The van der Waals surface area contributed by atoms with Gasteiger partial charge in [0.1, 0.15) is 17.3 Å². The second-order valence-electron chi connectivity index (χ2n) is 5.01. The second-order valence-corrected chi connectivity index (χ2v) is 5.64. The molecule has 4 nitrogen and oxygen atoms in total. The van der Waals surface area contributed by atoms with Gasteiger partial charge in [0.15, 0.2) is 0 Å². The fourth-order valence-corrected chi connectivity index (χ4v) is 3.07. The zero-order valence-electron chi connectivity index (χ0n) is 10.9. The molecule has 2 heterocycles. The van der Waals surface area contributed by atoms with Gasteiger partial charge in [-0.25, -0.2) is 9.97 Å². The Morgan fingerprint density at radius 1 is 1.39 bits per heavy atom. The van der Waals surface area contributed by atoms with Crippen molar-refractivity contribution in [1.82, 2.24) is 14.9 Å². The summed E-state index contributed by atoms with van der Waals surface area (Å²) in [5, 5.41) is 0.455. The molecule has 2 unspecified atom stereocenters. The van der Waals surface area contributed by atoms with Crippen molar-refractivity contribution in [2.45, 2.75) is 18.8 Å². The van der Waals surface area contributed by atoms with Crippen LogP contribution >= 0.6 is 23.2 Å². The van der Waals surface area contributed by atoms with Crippen molar-refractivity contribution in [2.75, 3.05) is 32.1 Å². The van der Waals surface area contributed by atoms with Crippen molar-refractivity contribution in [3.8, 4) is 0 Å². The fourth-order valence-electron chi connectivity index (χ4n) is 2.56. The highest BCUT2D eigenvalue weighted by Gasteiger charge is 2.32. The maximum Gasteiger partial charge on any atom is 0.138 e. The summed E-state index contributed by atoms with van der Waals surface area (Å²) in [4.78, 5) is 12.8. The molecule has 0 aliphatic carbocycles. The van der Waals surface area contributed by atoms with Gasteiger partial charge >= 0.3 is 0 Å². The van der Waals surface area contributed by atoms with Crippen molar-refractivity contribution in [3.63, 3.8) is 0 Å². The summed E-state index contributed by atoms with van der Waals surface area (Å²) in [6.45, 7) is 4.18. The maximum atomic E-state index is 6.07. The van der Waals surface area contributed by atoms with Crippen molar-refractivity contribution in [3.05, 3.63) is 17.0 Å². The highest BCUT2D eigenvalue weighted by Crippen LogP contribution is 2.30. The third kappa shape index (κ3) is 2.56. The lowest BCUT2D eigenvalue weighted by Gasteiger charge is -2.23. The van der Waals surface area contributed by atoms with Crippen LogP contribution in [0.4, 0.5) is 5.82 Å². The van der Waals surface area contributed by atoms with Crippen LogP contribution in [-0.2, 0) is 5.88 Å². The predicted molar refractivity (Wildman–Crippen MR) is 75.5 cm³/mol. The number of aromatic nitrogens is 2. The third-order valence-electron chi connectivity index (χ3n) is 3.54. The maximum absolute atomic E-state index is 6.07. The number of hydrogen-bond donors (Lipinski definition) is 0. The molecule has 0 spiro atoms. The number of nitrogens with zero attached hydrogens (tertiary/aromatic N) is 4. The van der Waals surface area contributed by atoms with E-state index in [0.29, 0.717) is 23.0 Å². The monoisotopic (exact) mass is 288 g/mol. The summed E-state index contributed by atoms with van der Waals surface area (Å²) >= 11 is 12.0. The van der Waals surface area contributed by atoms with E-state index in [1.165, 1.54) is 6.33 Å². The van der Waals surface area contributed by atoms with Crippen LogP contribution in [0.2, 0.25) is 5.15 Å². The Balaban J connectivity index is 2.26. The molecule has 100 valence electrons. The molecule has 1 aliphatic rings. The number of hydrogen-bond acceptors (Lipinski definition) is 4. The Hall–Kier alpha value is -0.580. The molecule has 0 N–H and O–H groups in total. The van der Waals surface area contributed by atoms with Gasteiger partial charge in [-0.05, 0) is 20.0 Å². The Bertz CT molecular complexity index is 425. The first-order valence-electron chi connectivity index (χ1n) is 6.01. The van der Waals surface area contributed by atoms with Crippen LogP contribution in [0.3, 0.4) is 0 Å². The van der Waals surface area contributed by atoms with Crippen molar-refractivity contribution >= 4 is 29.0 Å². The fraction of sp³-hybridized carbons (Fsp3) is 0.667. The van der Waals surface area contributed by atoms with Crippen LogP contribution in [0.1, 0.15) is 12.5 Å². The molecule has 1 fully saturated rings. The van der Waals surface area contributed by atoms with E-state index in [9.17, 15) is 0 Å². The van der Waals surface area contributed by atoms with Crippen LogP contribution in [0.5, 0.6) is 0 Å². The van der Waals surface area contributed by atoms with Gasteiger partial charge in [0, 0.05) is 24.7 Å². The van der Waals surface area contributed by atoms with Gasteiger partial charge in [-0.2, -0.15) is 0 Å². The van der Waals surface area contributed by atoms with Crippen LogP contribution < -0.4 is 4.90 Å². The summed E-state index contributed by atoms with van der Waals surface area (Å²) in [6, 6.07) is 0.530. The molecule has 1 saturated heterocycles. The minimum Gasteiger partial charge on any atom is -0.354 e. The first-order chi connectivity index (χ1) is 8.54. The Morgan fingerprint density at radius 2 is 2.11 bits per heavy atom. The van der Waals surface area contributed by atoms with E-state index in [4.69, 9.17) is 23.2 Å². The molecular formula is C12H18Cl2N4. The van der Waals surface area contributed by atoms with E-state index < -0.39 is 0 Å². The van der Waals surface area contributed by atoms with Crippen LogP contribution in [-0.4, -0.2) is 48.1 Å². The van der Waals surface area contributed by atoms with Crippen LogP contribution in [0.25, 0.3) is 0 Å². The zero-order valence-corrected chi connectivity index (χ0v) is 12.4. The summed E-state index contributed by atoms with van der Waals surface area (Å²) < 4.78 is 0. The van der Waals surface area contributed by atoms with Crippen molar-refractivity contribution in [1.29, 1.82) is 0 Å². The number of halogens is 2. The topological polar surface area (TPSA) is 32.3 Å². The lowest BCUT2D eigenvalue weighted by atomic mass is 10.1. The van der Waals surface area contributed by atoms with E-state index in [1.54, 1.807) is 0 Å². The molecule has 0 aromatic carbocycles. The van der Waals surface area contributed by atoms with Gasteiger partial charge in [-0.3, -0.25) is 0 Å². The number of likely N-dealkylation sites (N-methyl/N-ethyl adjacent to an activating group) is 1. The first kappa shape index (κ1) is 13.8. The number of alkyl halides is 1. The molecule has 6 heteroatoms. The normalized spacial score (nSPS) is 24.0. The van der Waals surface area contributed by atoms with E-state index in [0.717, 1.165) is 24.5 Å². The molecule has 2 atom stereocenters. The standard InChI is InChI=1S/C12H18Cl2N4/c1-8-5-18(6-10(8)17(2)3)12-9(4-13)11(14)15-7-16-12/h7-8,10H,4-6H2,1-3H3. The average molecular weight is 289 g/mol. The minimum absolute atomic E-state index is 0.340. The molecule has 0 bridgehead atoms. The number of anilines is 1. The minimum atomic E-state index is 0.340. The lowest BCUT2D eigenvalue weighted by molar-refractivity contribution is 0.266. The SMILES string of the molecule is CC1CN(c2ncnc(Cl)c2CCl)CC1N(C)C. The Labute approximate surface area is 118 Å². The van der Waals surface area contributed by atoms with Crippen molar-refractivity contribution in [2.24, 2.45) is 5.92 Å². The first-order valence-corrected chi connectivity index (χ1v) is 6.92. The molecule has 1 aromatic heterocycles. The Morgan fingerprint density at radius 3 is 2.67 bits per heavy atom. The highest BCUT2D eigenvalue weighted by molar-refractivity contribution is 6.31. The van der Waals surface area contributed by atoms with E-state index in [2.05, 4.69) is 40.8 Å². The van der Waals surface area contributed by atoms with Gasteiger partial charge < -0.3 is 9.80 Å². The second kappa shape index (κ2) is 5.59. The van der Waals surface area contributed by atoms with E-state index in [-0.39, 0.29) is 0 Å². The molecule has 0 amide bonds. The van der Waals surface area contributed by atoms with Crippen LogP contribution in [0.15, 0.2) is 6.33 Å². The molecule has 1 aromatic rings. The lowest BCUT2D eigenvalue weighted by Crippen LogP contribution is -2.34. The van der Waals surface area contributed by atoms with E-state index in [1.807, 2.05) is 0 Å². The van der Waals surface area contributed by atoms with Gasteiger partial charge in [0.2, 0.25) is 0 Å². The highest BCUT2D eigenvalue weighted by atomic mass is 35.5. The van der Waals surface area contributed by atoms with E-state index >= 15 is 0 Å². The van der Waals surface area contributed by atoms with Gasteiger partial charge in [0.05, 0.1) is 5.88 Å². The Kier molecular flexibility index (Phi) is 4.30. The van der Waals surface area contributed by atoms with Crippen molar-refractivity contribution < 1.29 is 0 Å². The smallest absolute Gasteiger partial charge is 0.138 e. The van der Waals surface area contributed by atoms with Gasteiger partial charge in [-0.15, -0.1) is 11.6 Å². The summed E-state index contributed by atoms with van der Waals surface area (Å²) in [7, 11) is 4.22. The van der Waals surface area contributed by atoms with Gasteiger partial charge in [-0.1, -0.05) is 18.5 Å². The zero-order chi connectivity index (χ0) is 13.3. The molecule has 0 radical (unpaired) electrons. The number of rotatable bonds is 3. The molecule has 2 rings (SSSR count). The molecular weight excluding hydrogens is 271 g/mol. The summed E-state index contributed by atoms with van der Waals surface area (Å²) in [6.07, 6.45) is 1.50. The molecule has 0 saturated carbocycles.